The molecule has 4 nitrogen and oxygen atoms in total. The van der Waals surface area contributed by atoms with E-state index in [9.17, 15) is 0 Å². The van der Waals surface area contributed by atoms with Crippen LogP contribution in [0.1, 0.15) is 70.8 Å². The summed E-state index contributed by atoms with van der Waals surface area (Å²) in [5.41, 5.74) is 1.11. The van der Waals surface area contributed by atoms with Crippen molar-refractivity contribution in [3.63, 3.8) is 0 Å². The van der Waals surface area contributed by atoms with Crippen LogP contribution in [-0.4, -0.2) is 23.1 Å². The average molecular weight is 292 g/mol. The zero-order chi connectivity index (χ0) is 15.3. The molecule has 21 heavy (non-hydrogen) atoms. The highest BCUT2D eigenvalue weighted by Crippen LogP contribution is 2.18. The van der Waals surface area contributed by atoms with Crippen LogP contribution in [0.25, 0.3) is 0 Å². The fourth-order valence-corrected chi connectivity index (χ4v) is 2.44. The van der Waals surface area contributed by atoms with Crippen LogP contribution in [0.4, 0.5) is 11.6 Å². The molecule has 1 heterocycles. The van der Waals surface area contributed by atoms with Gasteiger partial charge >= 0.3 is 0 Å². The van der Waals surface area contributed by atoms with Crippen LogP contribution >= 0.6 is 0 Å². The Balaban J connectivity index is 2.14. The molecular weight excluding hydrogens is 260 g/mol. The molecule has 0 aliphatic heterocycles. The fourth-order valence-electron chi connectivity index (χ4n) is 2.44. The van der Waals surface area contributed by atoms with Crippen molar-refractivity contribution in [3.05, 3.63) is 11.9 Å². The maximum absolute atomic E-state index is 4.33. The molecule has 0 saturated carbocycles. The summed E-state index contributed by atoms with van der Waals surface area (Å²) < 4.78 is 0. The molecule has 0 aromatic carbocycles. The zero-order valence-corrected chi connectivity index (χ0v) is 14.0. The van der Waals surface area contributed by atoms with Gasteiger partial charge in [-0.3, -0.25) is 0 Å². The van der Waals surface area contributed by atoms with Crippen LogP contribution < -0.4 is 10.6 Å². The van der Waals surface area contributed by atoms with Crippen molar-refractivity contribution in [2.75, 3.05) is 23.7 Å². The highest BCUT2D eigenvalue weighted by atomic mass is 15.1. The first-order valence-corrected chi connectivity index (χ1v) is 8.58. The SMILES string of the molecule is CCCCCCCCCCNc1ncnc(NCC)c1C. The van der Waals surface area contributed by atoms with E-state index in [2.05, 4.69) is 41.4 Å². The first-order chi connectivity index (χ1) is 10.3. The number of nitrogens with zero attached hydrogens (tertiary/aromatic N) is 2. The highest BCUT2D eigenvalue weighted by Gasteiger charge is 2.05. The third-order valence-electron chi connectivity index (χ3n) is 3.75. The van der Waals surface area contributed by atoms with Gasteiger partial charge in [0.25, 0.3) is 0 Å². The number of hydrogen-bond acceptors (Lipinski definition) is 4. The van der Waals surface area contributed by atoms with Gasteiger partial charge in [0.05, 0.1) is 0 Å². The minimum absolute atomic E-state index is 0.884. The molecule has 0 aliphatic rings. The fraction of sp³-hybridized carbons (Fsp3) is 0.765. The minimum atomic E-state index is 0.884. The Labute approximate surface area is 130 Å². The summed E-state index contributed by atoms with van der Waals surface area (Å²) in [7, 11) is 0. The second kappa shape index (κ2) is 11.4. The van der Waals surface area contributed by atoms with E-state index in [1.54, 1.807) is 6.33 Å². The van der Waals surface area contributed by atoms with Gasteiger partial charge < -0.3 is 10.6 Å². The Morgan fingerprint density at radius 2 is 1.38 bits per heavy atom. The number of rotatable bonds is 12. The van der Waals surface area contributed by atoms with E-state index in [0.717, 1.165) is 30.3 Å². The van der Waals surface area contributed by atoms with Crippen molar-refractivity contribution in [1.82, 2.24) is 9.97 Å². The van der Waals surface area contributed by atoms with Gasteiger partial charge in [-0.25, -0.2) is 9.97 Å². The second-order valence-electron chi connectivity index (χ2n) is 5.63. The van der Waals surface area contributed by atoms with Gasteiger partial charge in [-0.1, -0.05) is 51.9 Å². The van der Waals surface area contributed by atoms with Crippen molar-refractivity contribution >= 4 is 11.6 Å². The van der Waals surface area contributed by atoms with Gasteiger partial charge in [0.2, 0.25) is 0 Å². The van der Waals surface area contributed by atoms with E-state index in [1.807, 2.05) is 0 Å². The summed E-state index contributed by atoms with van der Waals surface area (Å²) in [4.78, 5) is 8.59. The Kier molecular flexibility index (Phi) is 9.58. The van der Waals surface area contributed by atoms with Crippen molar-refractivity contribution in [2.45, 2.75) is 72.1 Å². The van der Waals surface area contributed by atoms with Crippen molar-refractivity contribution in [1.29, 1.82) is 0 Å². The Hall–Kier alpha value is -1.32. The van der Waals surface area contributed by atoms with Gasteiger partial charge in [0.15, 0.2) is 0 Å². The zero-order valence-electron chi connectivity index (χ0n) is 14.0. The summed E-state index contributed by atoms with van der Waals surface area (Å²) in [6.45, 7) is 8.29. The summed E-state index contributed by atoms with van der Waals surface area (Å²) in [5.74, 6) is 1.90. The van der Waals surface area contributed by atoms with Gasteiger partial charge in [-0.15, -0.1) is 0 Å². The lowest BCUT2D eigenvalue weighted by Gasteiger charge is -2.11. The minimum Gasteiger partial charge on any atom is -0.370 e. The van der Waals surface area contributed by atoms with Crippen molar-refractivity contribution in [2.24, 2.45) is 0 Å². The number of aromatic nitrogens is 2. The molecule has 2 N–H and O–H groups in total. The highest BCUT2D eigenvalue weighted by molar-refractivity contribution is 5.56. The lowest BCUT2D eigenvalue weighted by molar-refractivity contribution is 0.581. The Morgan fingerprint density at radius 1 is 0.810 bits per heavy atom. The largest absolute Gasteiger partial charge is 0.370 e. The van der Waals surface area contributed by atoms with Crippen molar-refractivity contribution < 1.29 is 0 Å². The quantitative estimate of drug-likeness (QED) is 0.545. The van der Waals surface area contributed by atoms with Crippen LogP contribution in [0.15, 0.2) is 6.33 Å². The molecule has 1 aromatic rings. The van der Waals surface area contributed by atoms with E-state index in [0.29, 0.717) is 0 Å². The molecule has 0 atom stereocenters. The number of nitrogens with one attached hydrogen (secondary N) is 2. The van der Waals surface area contributed by atoms with E-state index < -0.39 is 0 Å². The lowest BCUT2D eigenvalue weighted by Crippen LogP contribution is -2.09. The molecule has 0 spiro atoms. The molecule has 1 aromatic heterocycles. The molecule has 0 bridgehead atoms. The summed E-state index contributed by atoms with van der Waals surface area (Å²) >= 11 is 0. The Morgan fingerprint density at radius 3 is 2.00 bits per heavy atom. The lowest BCUT2D eigenvalue weighted by atomic mass is 10.1. The maximum atomic E-state index is 4.33. The first-order valence-electron chi connectivity index (χ1n) is 8.58. The summed E-state index contributed by atoms with van der Waals surface area (Å²) in [6.07, 6.45) is 12.4. The molecule has 0 fully saturated rings. The normalized spacial score (nSPS) is 10.6. The average Bonchev–Trinajstić information content (AvgIpc) is 2.49. The van der Waals surface area contributed by atoms with Crippen LogP contribution in [0.5, 0.6) is 0 Å². The topological polar surface area (TPSA) is 49.8 Å². The van der Waals surface area contributed by atoms with Gasteiger partial charge in [0.1, 0.15) is 18.0 Å². The third kappa shape index (κ3) is 7.30. The smallest absolute Gasteiger partial charge is 0.134 e. The molecule has 0 amide bonds. The Bertz CT molecular complexity index is 379. The van der Waals surface area contributed by atoms with Crippen LogP contribution in [-0.2, 0) is 0 Å². The van der Waals surface area contributed by atoms with Gasteiger partial charge in [-0.05, 0) is 20.3 Å². The predicted molar refractivity (Wildman–Crippen MR) is 92.0 cm³/mol. The van der Waals surface area contributed by atoms with Gasteiger partial charge in [-0.2, -0.15) is 0 Å². The molecule has 1 rings (SSSR count). The number of anilines is 2. The van der Waals surface area contributed by atoms with Crippen LogP contribution in [0.2, 0.25) is 0 Å². The molecule has 0 saturated heterocycles. The third-order valence-corrected chi connectivity index (χ3v) is 3.75. The molecule has 4 heteroatoms. The van der Waals surface area contributed by atoms with E-state index in [-0.39, 0.29) is 0 Å². The van der Waals surface area contributed by atoms with Crippen molar-refractivity contribution in [3.8, 4) is 0 Å². The number of unbranched alkanes of at least 4 members (excludes halogenated alkanes) is 7. The van der Waals surface area contributed by atoms with Gasteiger partial charge in [0, 0.05) is 18.7 Å². The monoisotopic (exact) mass is 292 g/mol. The summed E-state index contributed by atoms with van der Waals surface area (Å²) in [6, 6.07) is 0. The standard InChI is InChI=1S/C17H32N4/c1-4-6-7-8-9-10-11-12-13-19-17-15(3)16(18-5-2)20-14-21-17/h14H,4-13H2,1-3H3,(H2,18,19,20,21). The molecule has 0 unspecified atom stereocenters. The summed E-state index contributed by atoms with van der Waals surface area (Å²) in [5, 5.41) is 6.69. The predicted octanol–water partition coefficient (Wildman–Crippen LogP) is 4.77. The van der Waals surface area contributed by atoms with E-state index >= 15 is 0 Å². The van der Waals surface area contributed by atoms with Crippen LogP contribution in [0.3, 0.4) is 0 Å². The van der Waals surface area contributed by atoms with E-state index in [1.165, 1.54) is 51.4 Å². The molecular formula is C17H32N4. The maximum Gasteiger partial charge on any atom is 0.134 e. The van der Waals surface area contributed by atoms with Crippen LogP contribution in [0, 0.1) is 6.92 Å². The molecule has 120 valence electrons. The molecule has 0 radical (unpaired) electrons. The molecule has 0 aliphatic carbocycles. The van der Waals surface area contributed by atoms with E-state index in [4.69, 9.17) is 0 Å². The second-order valence-corrected chi connectivity index (χ2v) is 5.63. The number of hydrogen-bond donors (Lipinski definition) is 2. The first kappa shape index (κ1) is 17.7.